The number of ketones is 1. The van der Waals surface area contributed by atoms with Crippen LogP contribution in [-0.4, -0.2) is 22.7 Å². The lowest BCUT2D eigenvalue weighted by atomic mass is 9.92. The number of anilines is 1. The van der Waals surface area contributed by atoms with Crippen molar-refractivity contribution in [1.82, 2.24) is 5.32 Å². The highest BCUT2D eigenvalue weighted by molar-refractivity contribution is 6.34. The minimum absolute atomic E-state index is 0.0906. The van der Waals surface area contributed by atoms with E-state index in [-0.39, 0.29) is 5.78 Å². The fraction of sp³-hybridized carbons (Fsp3) is 0.286. The Labute approximate surface area is 169 Å². The first kappa shape index (κ1) is 21.4. The Morgan fingerprint density at radius 3 is 2.54 bits per heavy atom. The molecule has 0 bridgehead atoms. The molecule has 2 amide bonds. The van der Waals surface area contributed by atoms with Gasteiger partial charge in [0.1, 0.15) is 0 Å². The number of amides is 2. The van der Waals surface area contributed by atoms with Crippen LogP contribution >= 0.6 is 11.6 Å². The summed E-state index contributed by atoms with van der Waals surface area (Å²) in [7, 11) is 0. The first-order valence-electron chi connectivity index (χ1n) is 8.89. The van der Waals surface area contributed by atoms with E-state index in [1.54, 1.807) is 32.0 Å². The van der Waals surface area contributed by atoms with E-state index in [2.05, 4.69) is 15.8 Å². The van der Waals surface area contributed by atoms with Crippen molar-refractivity contribution in [2.75, 3.05) is 5.32 Å². The highest BCUT2D eigenvalue weighted by Gasteiger charge is 2.23. The van der Waals surface area contributed by atoms with Crippen LogP contribution in [0.25, 0.3) is 0 Å². The molecule has 0 aromatic heterocycles. The van der Waals surface area contributed by atoms with Crippen molar-refractivity contribution in [3.63, 3.8) is 0 Å². The molecular formula is C21H24ClN3O3. The largest absolute Gasteiger partial charge is 0.411 e. The van der Waals surface area contributed by atoms with Crippen LogP contribution in [0.5, 0.6) is 0 Å². The van der Waals surface area contributed by atoms with Crippen molar-refractivity contribution in [3.05, 3.63) is 64.2 Å². The van der Waals surface area contributed by atoms with Gasteiger partial charge in [-0.3, -0.25) is 4.79 Å². The number of nitrogens with one attached hydrogen (secondary N) is 2. The van der Waals surface area contributed by atoms with Crippen LogP contribution in [0.1, 0.15) is 55.6 Å². The summed E-state index contributed by atoms with van der Waals surface area (Å²) < 4.78 is 0. The van der Waals surface area contributed by atoms with Crippen LogP contribution in [-0.2, 0) is 5.54 Å². The van der Waals surface area contributed by atoms with Crippen LogP contribution in [0.3, 0.4) is 0 Å². The van der Waals surface area contributed by atoms with Gasteiger partial charge in [-0.25, -0.2) is 4.79 Å². The van der Waals surface area contributed by atoms with Gasteiger partial charge in [0.2, 0.25) is 0 Å². The van der Waals surface area contributed by atoms with Gasteiger partial charge in [0.25, 0.3) is 0 Å². The molecule has 0 saturated heterocycles. The lowest BCUT2D eigenvalue weighted by Crippen LogP contribution is -2.43. The number of nitrogens with zero attached hydrogens (tertiary/aromatic N) is 1. The molecule has 0 aliphatic heterocycles. The fourth-order valence-corrected chi connectivity index (χ4v) is 2.94. The number of Topliss-reactive ketones (excluding diaryl/α,β-unsaturated/α-hetero) is 1. The third-order valence-electron chi connectivity index (χ3n) is 4.42. The topological polar surface area (TPSA) is 90.8 Å². The molecule has 148 valence electrons. The SMILES string of the molecule is CCC(=O)c1cc(NC(=O)NC(C)(C)c2cccc(/C(C)=N/O)c2)ccc1Cl. The predicted molar refractivity (Wildman–Crippen MR) is 112 cm³/mol. The Balaban J connectivity index is 2.17. The second kappa shape index (κ2) is 8.89. The summed E-state index contributed by atoms with van der Waals surface area (Å²) in [5.74, 6) is -0.0906. The zero-order valence-electron chi connectivity index (χ0n) is 16.3. The molecule has 28 heavy (non-hydrogen) atoms. The molecular weight excluding hydrogens is 378 g/mol. The van der Waals surface area contributed by atoms with E-state index in [1.807, 2.05) is 38.1 Å². The van der Waals surface area contributed by atoms with Crippen LogP contribution in [0, 0.1) is 0 Å². The van der Waals surface area contributed by atoms with Gasteiger partial charge in [0.15, 0.2) is 5.78 Å². The van der Waals surface area contributed by atoms with Gasteiger partial charge in [0, 0.05) is 17.7 Å². The van der Waals surface area contributed by atoms with Crippen molar-refractivity contribution in [2.24, 2.45) is 5.16 Å². The Bertz CT molecular complexity index is 923. The Morgan fingerprint density at radius 2 is 1.89 bits per heavy atom. The van der Waals surface area contributed by atoms with E-state index in [1.165, 1.54) is 0 Å². The van der Waals surface area contributed by atoms with Gasteiger partial charge >= 0.3 is 6.03 Å². The summed E-state index contributed by atoms with van der Waals surface area (Å²) in [6, 6.07) is 11.8. The highest BCUT2D eigenvalue weighted by atomic mass is 35.5. The molecule has 0 fully saturated rings. The van der Waals surface area contributed by atoms with E-state index in [9.17, 15) is 9.59 Å². The standard InChI is InChI=1S/C21H24ClN3O3/c1-5-19(26)17-12-16(9-10-18(17)22)23-20(27)24-21(3,4)15-8-6-7-14(11-15)13(2)25-28/h6-12,28H,5H2,1-4H3,(H2,23,24,27)/b25-13+. The lowest BCUT2D eigenvalue weighted by Gasteiger charge is -2.27. The smallest absolute Gasteiger partial charge is 0.319 e. The monoisotopic (exact) mass is 401 g/mol. The van der Waals surface area contributed by atoms with Crippen molar-refractivity contribution in [1.29, 1.82) is 0 Å². The summed E-state index contributed by atoms with van der Waals surface area (Å²) in [4.78, 5) is 24.5. The molecule has 2 aromatic carbocycles. The molecule has 0 saturated carbocycles. The molecule has 2 rings (SSSR count). The Kier molecular flexibility index (Phi) is 6.80. The van der Waals surface area contributed by atoms with Gasteiger partial charge in [-0.05, 0) is 56.2 Å². The fourth-order valence-electron chi connectivity index (χ4n) is 2.72. The average Bonchev–Trinajstić information content (AvgIpc) is 2.67. The van der Waals surface area contributed by atoms with Crippen LogP contribution < -0.4 is 10.6 Å². The molecule has 0 heterocycles. The van der Waals surface area contributed by atoms with Gasteiger partial charge in [0.05, 0.1) is 16.3 Å². The average molecular weight is 402 g/mol. The number of carbonyl (C=O) groups excluding carboxylic acids is 2. The first-order valence-corrected chi connectivity index (χ1v) is 9.27. The molecule has 7 heteroatoms. The van der Waals surface area contributed by atoms with Crippen molar-refractivity contribution in [3.8, 4) is 0 Å². The van der Waals surface area contributed by atoms with E-state index < -0.39 is 11.6 Å². The number of rotatable bonds is 6. The number of oxime groups is 1. The molecule has 0 atom stereocenters. The second-order valence-corrected chi connectivity index (χ2v) is 7.35. The van der Waals surface area contributed by atoms with Gasteiger partial charge in [-0.1, -0.05) is 41.9 Å². The number of urea groups is 1. The van der Waals surface area contributed by atoms with Gasteiger partial charge in [-0.2, -0.15) is 0 Å². The molecule has 6 nitrogen and oxygen atoms in total. The second-order valence-electron chi connectivity index (χ2n) is 6.94. The molecule has 0 unspecified atom stereocenters. The van der Waals surface area contributed by atoms with Crippen LogP contribution in [0.15, 0.2) is 47.6 Å². The quantitative estimate of drug-likeness (QED) is 0.269. The van der Waals surface area contributed by atoms with E-state index >= 15 is 0 Å². The maximum atomic E-state index is 12.5. The summed E-state index contributed by atoms with van der Waals surface area (Å²) in [6.45, 7) is 7.18. The number of hydrogen-bond acceptors (Lipinski definition) is 4. The summed E-state index contributed by atoms with van der Waals surface area (Å²) >= 11 is 6.07. The lowest BCUT2D eigenvalue weighted by molar-refractivity contribution is 0.0988. The maximum absolute atomic E-state index is 12.5. The van der Waals surface area contributed by atoms with E-state index in [4.69, 9.17) is 16.8 Å². The Hall–Kier alpha value is -2.86. The molecule has 3 N–H and O–H groups in total. The highest BCUT2D eigenvalue weighted by Crippen LogP contribution is 2.24. The summed E-state index contributed by atoms with van der Waals surface area (Å²) in [5, 5.41) is 18.2. The Morgan fingerprint density at radius 1 is 1.18 bits per heavy atom. The number of carbonyl (C=O) groups is 2. The summed E-state index contributed by atoms with van der Waals surface area (Å²) in [5.41, 5.74) is 2.26. The van der Waals surface area contributed by atoms with Gasteiger partial charge < -0.3 is 15.8 Å². The molecule has 0 aliphatic carbocycles. The molecule has 0 spiro atoms. The van der Waals surface area contributed by atoms with Gasteiger partial charge in [-0.15, -0.1) is 0 Å². The maximum Gasteiger partial charge on any atom is 0.319 e. The van der Waals surface area contributed by atoms with Crippen molar-refractivity contribution < 1.29 is 14.8 Å². The summed E-state index contributed by atoms with van der Waals surface area (Å²) in [6.07, 6.45) is 0.329. The normalized spacial score (nSPS) is 11.8. The number of halogens is 1. The van der Waals surface area contributed by atoms with E-state index in [0.717, 1.165) is 11.1 Å². The molecule has 2 aromatic rings. The van der Waals surface area contributed by atoms with Crippen molar-refractivity contribution >= 4 is 34.8 Å². The molecule has 0 radical (unpaired) electrons. The predicted octanol–water partition coefficient (Wildman–Crippen LogP) is 5.19. The minimum Gasteiger partial charge on any atom is -0.411 e. The minimum atomic E-state index is -0.690. The molecule has 0 aliphatic rings. The first-order chi connectivity index (χ1) is 13.2. The van der Waals surface area contributed by atoms with Crippen LogP contribution in [0.4, 0.5) is 10.5 Å². The number of hydrogen-bond donors (Lipinski definition) is 3. The van der Waals surface area contributed by atoms with Crippen molar-refractivity contribution in [2.45, 2.75) is 39.7 Å². The van der Waals surface area contributed by atoms with Crippen LogP contribution in [0.2, 0.25) is 5.02 Å². The number of benzene rings is 2. The third kappa shape index (κ3) is 5.10. The van der Waals surface area contributed by atoms with E-state index in [0.29, 0.717) is 28.4 Å². The zero-order chi connectivity index (χ0) is 20.9. The third-order valence-corrected chi connectivity index (χ3v) is 4.75. The zero-order valence-corrected chi connectivity index (χ0v) is 17.1.